The second kappa shape index (κ2) is 8.14. The van der Waals surface area contributed by atoms with Gasteiger partial charge in [-0.25, -0.2) is 4.39 Å². The van der Waals surface area contributed by atoms with Gasteiger partial charge in [0.2, 0.25) is 0 Å². The minimum atomic E-state index is -7.15. The second-order valence-electron chi connectivity index (χ2n) is 7.52. The molecule has 29 heavy (non-hydrogen) atoms. The highest BCUT2D eigenvalue weighted by molar-refractivity contribution is 14.1. The van der Waals surface area contributed by atoms with E-state index in [0.29, 0.717) is 12.8 Å². The summed E-state index contributed by atoms with van der Waals surface area (Å²) < 4.78 is 151. The van der Waals surface area contributed by atoms with Crippen LogP contribution >= 0.6 is 22.6 Å². The fourth-order valence-electron chi connectivity index (χ4n) is 3.38. The SMILES string of the molecule is CCCCCCCC(I)(CC)CC1(F)C(F)(F)C(F)(F)C(F)(F)C(F)(F)C1(F)F. The van der Waals surface area contributed by atoms with E-state index in [0.717, 1.165) is 12.8 Å². The Balaban J connectivity index is 3.38. The Morgan fingerprint density at radius 1 is 0.586 bits per heavy atom. The summed E-state index contributed by atoms with van der Waals surface area (Å²) in [7, 11) is 0. The van der Waals surface area contributed by atoms with Crippen molar-refractivity contribution in [1.29, 1.82) is 0 Å². The van der Waals surface area contributed by atoms with Gasteiger partial charge in [-0.3, -0.25) is 0 Å². The summed E-state index contributed by atoms with van der Waals surface area (Å²) in [6, 6.07) is 0. The highest BCUT2D eigenvalue weighted by Crippen LogP contribution is 2.71. The van der Waals surface area contributed by atoms with Gasteiger partial charge in [-0.05, 0) is 12.8 Å². The molecule has 0 aromatic carbocycles. The zero-order valence-corrected chi connectivity index (χ0v) is 17.8. The van der Waals surface area contributed by atoms with E-state index in [2.05, 4.69) is 0 Å². The molecule has 0 amide bonds. The normalized spacial score (nSPS) is 27.9. The fraction of sp³-hybridized carbons (Fsp3) is 1.00. The van der Waals surface area contributed by atoms with E-state index < -0.39 is 45.1 Å². The molecule has 1 aliphatic rings. The van der Waals surface area contributed by atoms with Crippen molar-refractivity contribution in [2.75, 3.05) is 0 Å². The van der Waals surface area contributed by atoms with Crippen LogP contribution in [0.5, 0.6) is 0 Å². The van der Waals surface area contributed by atoms with Crippen molar-refractivity contribution in [3.05, 3.63) is 0 Å². The molecule has 0 aromatic heterocycles. The molecule has 1 saturated carbocycles. The molecule has 174 valence electrons. The zero-order valence-electron chi connectivity index (χ0n) is 15.7. The molecule has 1 unspecified atom stereocenters. The summed E-state index contributed by atoms with van der Waals surface area (Å²) >= 11 is 1.29. The average molecular weight is 562 g/mol. The molecule has 0 aliphatic heterocycles. The monoisotopic (exact) mass is 562 g/mol. The molecule has 12 heteroatoms. The van der Waals surface area contributed by atoms with Gasteiger partial charge in [-0.15, -0.1) is 0 Å². The van der Waals surface area contributed by atoms with Crippen molar-refractivity contribution in [1.82, 2.24) is 0 Å². The fourth-order valence-corrected chi connectivity index (χ4v) is 4.29. The van der Waals surface area contributed by atoms with Gasteiger partial charge in [0.25, 0.3) is 5.67 Å². The first-order valence-electron chi connectivity index (χ1n) is 9.10. The van der Waals surface area contributed by atoms with Crippen LogP contribution in [-0.2, 0) is 0 Å². The Morgan fingerprint density at radius 3 is 1.34 bits per heavy atom. The van der Waals surface area contributed by atoms with E-state index in [4.69, 9.17) is 0 Å². The van der Waals surface area contributed by atoms with Gasteiger partial charge in [0, 0.05) is 9.84 Å². The third kappa shape index (κ3) is 3.74. The Hall–Kier alpha value is -0.0400. The summed E-state index contributed by atoms with van der Waals surface area (Å²) in [5.74, 6) is -34.7. The zero-order chi connectivity index (χ0) is 23.2. The average Bonchev–Trinajstić information content (AvgIpc) is 2.59. The minimum Gasteiger partial charge on any atom is -0.230 e. The first kappa shape index (κ1) is 27.0. The summed E-state index contributed by atoms with van der Waals surface area (Å²) in [4.78, 5) is 0. The smallest absolute Gasteiger partial charge is 0.230 e. The number of halogens is 12. The Labute approximate surface area is 175 Å². The highest BCUT2D eigenvalue weighted by atomic mass is 127. The van der Waals surface area contributed by atoms with Crippen LogP contribution in [0.3, 0.4) is 0 Å². The summed E-state index contributed by atoms with van der Waals surface area (Å²) in [6.45, 7) is 3.15. The predicted molar refractivity (Wildman–Crippen MR) is 93.6 cm³/mol. The van der Waals surface area contributed by atoms with Crippen molar-refractivity contribution in [3.8, 4) is 0 Å². The standard InChI is InChI=1S/C17H22F11I/c1-3-5-6-7-8-9-11(29,4-2)10-12(18)13(19,20)15(23,24)17(27,28)16(25,26)14(12,21)22/h3-10H2,1-2H3. The van der Waals surface area contributed by atoms with Crippen molar-refractivity contribution in [2.45, 2.75) is 104 Å². The lowest BCUT2D eigenvalue weighted by molar-refractivity contribution is -0.486. The van der Waals surface area contributed by atoms with Crippen LogP contribution in [0.15, 0.2) is 0 Å². The molecule has 0 heterocycles. The Bertz CT molecular complexity index is 546. The van der Waals surface area contributed by atoms with E-state index in [1.165, 1.54) is 29.5 Å². The van der Waals surface area contributed by atoms with E-state index in [1.54, 1.807) is 0 Å². The third-order valence-electron chi connectivity index (χ3n) is 5.50. The van der Waals surface area contributed by atoms with Gasteiger partial charge < -0.3 is 0 Å². The topological polar surface area (TPSA) is 0 Å². The molecule has 0 nitrogen and oxygen atoms in total. The lowest BCUT2D eigenvalue weighted by Crippen LogP contribution is -2.84. The second-order valence-corrected chi connectivity index (χ2v) is 9.81. The molecule has 1 rings (SSSR count). The van der Waals surface area contributed by atoms with Crippen LogP contribution in [0.25, 0.3) is 0 Å². The molecular weight excluding hydrogens is 540 g/mol. The number of hydrogen-bond donors (Lipinski definition) is 0. The Morgan fingerprint density at radius 2 is 0.966 bits per heavy atom. The lowest BCUT2D eigenvalue weighted by Gasteiger charge is -2.54. The Kier molecular flexibility index (Phi) is 7.58. The first-order chi connectivity index (χ1) is 12.8. The molecule has 1 fully saturated rings. The van der Waals surface area contributed by atoms with Gasteiger partial charge >= 0.3 is 29.6 Å². The first-order valence-corrected chi connectivity index (χ1v) is 10.2. The molecule has 1 aliphatic carbocycles. The van der Waals surface area contributed by atoms with E-state index in [1.807, 2.05) is 6.92 Å². The number of hydrogen-bond acceptors (Lipinski definition) is 0. The maximum atomic E-state index is 15.0. The molecule has 0 N–H and O–H groups in total. The van der Waals surface area contributed by atoms with Crippen LogP contribution in [0, 0.1) is 0 Å². The van der Waals surface area contributed by atoms with Gasteiger partial charge in [-0.1, -0.05) is 68.5 Å². The molecule has 0 saturated heterocycles. The maximum Gasteiger partial charge on any atom is 0.384 e. The predicted octanol–water partition coefficient (Wildman–Crippen LogP) is 8.22. The van der Waals surface area contributed by atoms with Crippen LogP contribution in [-0.4, -0.2) is 38.7 Å². The molecule has 0 radical (unpaired) electrons. The van der Waals surface area contributed by atoms with Gasteiger partial charge in [-0.2, -0.15) is 43.9 Å². The van der Waals surface area contributed by atoms with Gasteiger partial charge in [0.1, 0.15) is 0 Å². The maximum absolute atomic E-state index is 15.0. The van der Waals surface area contributed by atoms with Gasteiger partial charge in [0.15, 0.2) is 0 Å². The van der Waals surface area contributed by atoms with Crippen molar-refractivity contribution < 1.29 is 48.3 Å². The van der Waals surface area contributed by atoms with Crippen LogP contribution < -0.4 is 0 Å². The van der Waals surface area contributed by atoms with Crippen molar-refractivity contribution in [3.63, 3.8) is 0 Å². The minimum absolute atomic E-state index is 0.209. The van der Waals surface area contributed by atoms with Gasteiger partial charge in [0.05, 0.1) is 0 Å². The summed E-state index contributed by atoms with van der Waals surface area (Å²) in [5.41, 5.74) is -5.88. The molecule has 0 aromatic rings. The molecular formula is C17H22F11I. The largest absolute Gasteiger partial charge is 0.384 e. The third-order valence-corrected chi connectivity index (χ3v) is 7.18. The quantitative estimate of drug-likeness (QED) is 0.115. The molecule has 0 spiro atoms. The highest BCUT2D eigenvalue weighted by Gasteiger charge is 3.01. The summed E-state index contributed by atoms with van der Waals surface area (Å²) in [5, 5.41) is 0. The van der Waals surface area contributed by atoms with E-state index in [9.17, 15) is 48.3 Å². The molecule has 1 atom stereocenters. The van der Waals surface area contributed by atoms with Crippen molar-refractivity contribution in [2.24, 2.45) is 0 Å². The lowest BCUT2D eigenvalue weighted by atomic mass is 9.68. The molecule has 0 bridgehead atoms. The van der Waals surface area contributed by atoms with Crippen LogP contribution in [0.4, 0.5) is 48.3 Å². The van der Waals surface area contributed by atoms with Crippen molar-refractivity contribution >= 4 is 22.6 Å². The van der Waals surface area contributed by atoms with E-state index >= 15 is 0 Å². The number of unbranched alkanes of at least 4 members (excludes halogenated alkanes) is 4. The number of alkyl halides is 12. The van der Waals surface area contributed by atoms with Crippen LogP contribution in [0.1, 0.15) is 65.2 Å². The summed E-state index contributed by atoms with van der Waals surface area (Å²) in [6.07, 6.45) is 0.396. The van der Waals surface area contributed by atoms with E-state index in [-0.39, 0.29) is 19.3 Å². The number of rotatable bonds is 9. The van der Waals surface area contributed by atoms with Crippen LogP contribution in [0.2, 0.25) is 0 Å².